The molecule has 0 bridgehead atoms. The molecule has 90 valence electrons. The monoisotopic (exact) mass is 229 g/mol. The molecule has 16 heavy (non-hydrogen) atoms. The number of nitrogens with one attached hydrogen (secondary N) is 1. The van der Waals surface area contributed by atoms with Crippen molar-refractivity contribution in [2.45, 2.75) is 18.4 Å². The minimum Gasteiger partial charge on any atom is -0.480 e. The number of carbonyl (C=O) groups is 2. The molecule has 6 heteroatoms. The molecule has 0 radical (unpaired) electrons. The highest BCUT2D eigenvalue weighted by Crippen LogP contribution is 2.37. The Balaban J connectivity index is 2.51. The van der Waals surface area contributed by atoms with E-state index in [-0.39, 0.29) is 32.0 Å². The molecule has 1 rings (SSSR count). The lowest BCUT2D eigenvalue weighted by Crippen LogP contribution is -2.63. The highest BCUT2D eigenvalue weighted by molar-refractivity contribution is 5.85. The number of carbonyl (C=O) groups excluding carboxylic acids is 1. The number of aliphatic carboxylic acids is 1. The van der Waals surface area contributed by atoms with Gasteiger partial charge in [-0.25, -0.2) is 9.59 Å². The third-order valence-electron chi connectivity index (χ3n) is 2.62. The predicted octanol–water partition coefficient (Wildman–Crippen LogP) is 0.124. The first-order chi connectivity index (χ1) is 7.54. The van der Waals surface area contributed by atoms with Gasteiger partial charge in [-0.2, -0.15) is 0 Å². The zero-order valence-electron chi connectivity index (χ0n) is 8.81. The van der Waals surface area contributed by atoms with Gasteiger partial charge in [0, 0.05) is 6.61 Å². The van der Waals surface area contributed by atoms with Crippen molar-refractivity contribution in [2.24, 2.45) is 5.92 Å². The Morgan fingerprint density at radius 1 is 1.56 bits per heavy atom. The van der Waals surface area contributed by atoms with Crippen molar-refractivity contribution < 1.29 is 24.5 Å². The maximum atomic E-state index is 11.2. The fourth-order valence-electron chi connectivity index (χ4n) is 1.75. The summed E-state index contributed by atoms with van der Waals surface area (Å²) >= 11 is 0. The van der Waals surface area contributed by atoms with Crippen LogP contribution in [-0.2, 0) is 9.53 Å². The summed E-state index contributed by atoms with van der Waals surface area (Å²) in [5.41, 5.74) is -1.29. The van der Waals surface area contributed by atoms with E-state index in [0.29, 0.717) is 0 Å². The highest BCUT2D eigenvalue weighted by Gasteiger charge is 2.51. The third-order valence-corrected chi connectivity index (χ3v) is 2.62. The lowest BCUT2D eigenvalue weighted by Gasteiger charge is -2.43. The largest absolute Gasteiger partial charge is 0.480 e. The molecule has 1 fully saturated rings. The quantitative estimate of drug-likeness (QED) is 0.582. The number of aliphatic hydroxyl groups excluding tert-OH is 1. The Labute approximate surface area is 92.9 Å². The number of aliphatic hydroxyl groups is 1. The van der Waals surface area contributed by atoms with Gasteiger partial charge in [-0.1, -0.05) is 12.7 Å². The van der Waals surface area contributed by atoms with E-state index in [1.165, 1.54) is 6.08 Å². The van der Waals surface area contributed by atoms with Gasteiger partial charge in [0.2, 0.25) is 0 Å². The average molecular weight is 229 g/mol. The van der Waals surface area contributed by atoms with Gasteiger partial charge in [-0.15, -0.1) is 0 Å². The number of alkyl carbamates (subject to hydrolysis) is 1. The van der Waals surface area contributed by atoms with Crippen LogP contribution in [0.15, 0.2) is 12.7 Å². The number of rotatable bonds is 5. The molecule has 0 aromatic rings. The Morgan fingerprint density at radius 2 is 2.19 bits per heavy atom. The van der Waals surface area contributed by atoms with Crippen molar-refractivity contribution >= 4 is 12.1 Å². The van der Waals surface area contributed by atoms with E-state index in [9.17, 15) is 9.59 Å². The smallest absolute Gasteiger partial charge is 0.408 e. The molecular formula is C10H15NO5. The Kier molecular flexibility index (Phi) is 3.89. The molecule has 0 unspecified atom stereocenters. The number of carboxylic acids is 1. The summed E-state index contributed by atoms with van der Waals surface area (Å²) in [4.78, 5) is 22.2. The minimum absolute atomic E-state index is 0.0327. The van der Waals surface area contributed by atoms with Crippen LogP contribution in [0.4, 0.5) is 4.79 Å². The summed E-state index contributed by atoms with van der Waals surface area (Å²) in [5.74, 6) is -1.18. The Morgan fingerprint density at radius 3 is 2.62 bits per heavy atom. The normalized spacial score (nSPS) is 27.7. The molecule has 0 aromatic heterocycles. The second kappa shape index (κ2) is 4.98. The second-order valence-electron chi connectivity index (χ2n) is 3.86. The first kappa shape index (κ1) is 12.5. The van der Waals surface area contributed by atoms with Gasteiger partial charge in [-0.3, -0.25) is 0 Å². The number of amides is 1. The summed E-state index contributed by atoms with van der Waals surface area (Å²) in [6.45, 7) is 3.33. The lowest BCUT2D eigenvalue weighted by atomic mass is 9.68. The van der Waals surface area contributed by atoms with Crippen molar-refractivity contribution in [1.29, 1.82) is 0 Å². The highest BCUT2D eigenvalue weighted by atomic mass is 16.5. The van der Waals surface area contributed by atoms with Crippen molar-refractivity contribution in [3.63, 3.8) is 0 Å². The molecule has 1 aliphatic rings. The summed E-state index contributed by atoms with van der Waals surface area (Å²) in [6.07, 6.45) is 1.06. The maximum absolute atomic E-state index is 11.2. The molecule has 1 saturated carbocycles. The standard InChI is InChI=1S/C10H15NO5/c1-2-3-16-9(15)11-10(8(13)14)4-7(5-10)6-12/h2,7,12H,1,3-6H2,(H,11,15)(H,13,14). The molecule has 0 aromatic carbocycles. The number of hydrogen-bond acceptors (Lipinski definition) is 4. The summed E-state index contributed by atoms with van der Waals surface area (Å²) in [7, 11) is 0. The summed E-state index contributed by atoms with van der Waals surface area (Å²) in [5, 5.41) is 20.1. The van der Waals surface area contributed by atoms with Crippen molar-refractivity contribution in [1.82, 2.24) is 5.32 Å². The van der Waals surface area contributed by atoms with Crippen molar-refractivity contribution in [3.8, 4) is 0 Å². The molecule has 0 saturated heterocycles. The van der Waals surface area contributed by atoms with Gasteiger partial charge in [-0.05, 0) is 18.8 Å². The second-order valence-corrected chi connectivity index (χ2v) is 3.86. The van der Waals surface area contributed by atoms with Crippen LogP contribution >= 0.6 is 0 Å². The van der Waals surface area contributed by atoms with Gasteiger partial charge >= 0.3 is 12.1 Å². The molecule has 1 aliphatic carbocycles. The Bertz CT molecular complexity index is 296. The van der Waals surface area contributed by atoms with Gasteiger partial charge in [0.1, 0.15) is 12.1 Å². The maximum Gasteiger partial charge on any atom is 0.408 e. The molecule has 0 heterocycles. The molecule has 3 N–H and O–H groups in total. The first-order valence-corrected chi connectivity index (χ1v) is 4.94. The SMILES string of the molecule is C=CCOC(=O)NC1(C(=O)O)CC(CO)C1. The molecule has 0 atom stereocenters. The van der Waals surface area contributed by atoms with Crippen LogP contribution in [0.5, 0.6) is 0 Å². The molecular weight excluding hydrogens is 214 g/mol. The van der Waals surface area contributed by atoms with Crippen LogP contribution in [0.3, 0.4) is 0 Å². The topological polar surface area (TPSA) is 95.9 Å². The van der Waals surface area contributed by atoms with Crippen LogP contribution in [-0.4, -0.2) is 41.0 Å². The van der Waals surface area contributed by atoms with Crippen molar-refractivity contribution in [3.05, 3.63) is 12.7 Å². The first-order valence-electron chi connectivity index (χ1n) is 4.94. The average Bonchev–Trinajstić information content (AvgIpc) is 2.19. The van der Waals surface area contributed by atoms with E-state index < -0.39 is 17.6 Å². The zero-order chi connectivity index (χ0) is 12.2. The van der Waals surface area contributed by atoms with Crippen LogP contribution in [0.1, 0.15) is 12.8 Å². The zero-order valence-corrected chi connectivity index (χ0v) is 8.81. The van der Waals surface area contributed by atoms with Gasteiger partial charge in [0.25, 0.3) is 0 Å². The minimum atomic E-state index is -1.29. The number of hydrogen-bond donors (Lipinski definition) is 3. The van der Waals surface area contributed by atoms with Crippen LogP contribution < -0.4 is 5.32 Å². The van der Waals surface area contributed by atoms with Crippen LogP contribution in [0, 0.1) is 5.92 Å². The van der Waals surface area contributed by atoms with Crippen molar-refractivity contribution in [2.75, 3.05) is 13.2 Å². The molecule has 0 spiro atoms. The van der Waals surface area contributed by atoms with Crippen LogP contribution in [0.25, 0.3) is 0 Å². The van der Waals surface area contributed by atoms with Gasteiger partial charge < -0.3 is 20.3 Å². The lowest BCUT2D eigenvalue weighted by molar-refractivity contribution is -0.151. The van der Waals surface area contributed by atoms with E-state index in [1.807, 2.05) is 0 Å². The van der Waals surface area contributed by atoms with E-state index >= 15 is 0 Å². The van der Waals surface area contributed by atoms with Crippen LogP contribution in [0.2, 0.25) is 0 Å². The molecule has 6 nitrogen and oxygen atoms in total. The molecule has 1 amide bonds. The van der Waals surface area contributed by atoms with Gasteiger partial charge in [0.15, 0.2) is 0 Å². The number of ether oxygens (including phenoxy) is 1. The predicted molar refractivity (Wildman–Crippen MR) is 54.9 cm³/mol. The summed E-state index contributed by atoms with van der Waals surface area (Å²) < 4.78 is 4.65. The van der Waals surface area contributed by atoms with E-state index in [1.54, 1.807) is 0 Å². The number of carboxylic acid groups (broad SMARTS) is 1. The third kappa shape index (κ3) is 2.52. The summed E-state index contributed by atoms with van der Waals surface area (Å²) in [6, 6.07) is 0. The molecule has 0 aliphatic heterocycles. The fraction of sp³-hybridized carbons (Fsp3) is 0.600. The van der Waals surface area contributed by atoms with E-state index in [4.69, 9.17) is 10.2 Å². The van der Waals surface area contributed by atoms with E-state index in [2.05, 4.69) is 16.6 Å². The Hall–Kier alpha value is -1.56. The fourth-order valence-corrected chi connectivity index (χ4v) is 1.75. The van der Waals surface area contributed by atoms with E-state index in [0.717, 1.165) is 0 Å². The van der Waals surface area contributed by atoms with Gasteiger partial charge in [0.05, 0.1) is 0 Å².